The van der Waals surface area contributed by atoms with Crippen LogP contribution in [0.4, 0.5) is 0 Å². The summed E-state index contributed by atoms with van der Waals surface area (Å²) in [5.74, 6) is 2.41. The molecule has 0 bridgehead atoms. The van der Waals surface area contributed by atoms with Crippen LogP contribution in [0.5, 0.6) is 5.75 Å². The quantitative estimate of drug-likeness (QED) is 0.921. The van der Waals surface area contributed by atoms with Gasteiger partial charge in [0.15, 0.2) is 0 Å². The minimum Gasteiger partial charge on any atom is -0.492 e. The predicted octanol–water partition coefficient (Wildman–Crippen LogP) is 2.54. The van der Waals surface area contributed by atoms with Crippen LogP contribution < -0.4 is 4.74 Å². The van der Waals surface area contributed by atoms with E-state index in [1.807, 2.05) is 24.5 Å². The summed E-state index contributed by atoms with van der Waals surface area (Å²) in [5, 5.41) is 8.77. The van der Waals surface area contributed by atoms with Crippen molar-refractivity contribution in [2.24, 2.45) is 0 Å². The number of hydrogen-bond donors (Lipinski definition) is 1. The van der Waals surface area contributed by atoms with Crippen molar-refractivity contribution in [2.45, 2.75) is 18.8 Å². The van der Waals surface area contributed by atoms with Crippen LogP contribution in [-0.4, -0.2) is 41.1 Å². The minimum atomic E-state index is 0.499. The van der Waals surface area contributed by atoms with Gasteiger partial charge >= 0.3 is 0 Å². The van der Waals surface area contributed by atoms with E-state index in [-0.39, 0.29) is 0 Å². The summed E-state index contributed by atoms with van der Waals surface area (Å²) in [6, 6.07) is 9.36. The number of aromatic amines is 1. The number of rotatable bonds is 5. The number of ether oxygens (including phenoxy) is 1. The largest absolute Gasteiger partial charge is 0.492 e. The minimum absolute atomic E-state index is 0.499. The molecule has 1 atom stereocenters. The van der Waals surface area contributed by atoms with E-state index < -0.39 is 0 Å². The summed E-state index contributed by atoms with van der Waals surface area (Å²) < 4.78 is 5.76. The normalized spacial score (nSPS) is 18.8. The zero-order valence-electron chi connectivity index (χ0n) is 12.5. The number of piperidine rings is 1. The lowest BCUT2D eigenvalue weighted by Gasteiger charge is -2.31. The number of imidazole rings is 1. The molecule has 1 aliphatic heterocycles. The third kappa shape index (κ3) is 3.66. The third-order valence-corrected chi connectivity index (χ3v) is 4.07. The second-order valence-corrected chi connectivity index (χ2v) is 5.60. The number of aromatic nitrogens is 2. The van der Waals surface area contributed by atoms with Gasteiger partial charge in [-0.1, -0.05) is 0 Å². The van der Waals surface area contributed by atoms with Crippen LogP contribution in [0.15, 0.2) is 36.7 Å². The van der Waals surface area contributed by atoms with Crippen molar-refractivity contribution in [2.75, 3.05) is 26.2 Å². The highest BCUT2D eigenvalue weighted by Gasteiger charge is 2.22. The van der Waals surface area contributed by atoms with Crippen molar-refractivity contribution in [1.82, 2.24) is 14.9 Å². The molecule has 0 unspecified atom stereocenters. The molecule has 22 heavy (non-hydrogen) atoms. The lowest BCUT2D eigenvalue weighted by atomic mass is 9.97. The van der Waals surface area contributed by atoms with Crippen LogP contribution in [0.1, 0.15) is 30.1 Å². The van der Waals surface area contributed by atoms with Gasteiger partial charge in [-0.15, -0.1) is 0 Å². The smallest absolute Gasteiger partial charge is 0.119 e. The Balaban J connectivity index is 1.46. The summed E-state index contributed by atoms with van der Waals surface area (Å²) in [5.41, 5.74) is 0.657. The first-order valence-electron chi connectivity index (χ1n) is 7.70. The highest BCUT2D eigenvalue weighted by atomic mass is 16.5. The van der Waals surface area contributed by atoms with Gasteiger partial charge in [-0.05, 0) is 43.7 Å². The number of nitrogens with one attached hydrogen (secondary N) is 1. The van der Waals surface area contributed by atoms with Crippen LogP contribution in [0, 0.1) is 11.3 Å². The zero-order valence-corrected chi connectivity index (χ0v) is 12.5. The average molecular weight is 296 g/mol. The molecule has 3 rings (SSSR count). The van der Waals surface area contributed by atoms with Crippen LogP contribution in [0.3, 0.4) is 0 Å². The summed E-state index contributed by atoms with van der Waals surface area (Å²) >= 11 is 0. The van der Waals surface area contributed by atoms with E-state index in [9.17, 15) is 0 Å². The third-order valence-electron chi connectivity index (χ3n) is 4.07. The molecule has 1 N–H and O–H groups in total. The highest BCUT2D eigenvalue weighted by Crippen LogP contribution is 2.24. The Morgan fingerprint density at radius 3 is 2.95 bits per heavy atom. The molecule has 2 heterocycles. The molecule has 0 radical (unpaired) electrons. The van der Waals surface area contributed by atoms with E-state index in [1.54, 1.807) is 12.1 Å². The van der Waals surface area contributed by atoms with Crippen molar-refractivity contribution in [3.05, 3.63) is 48.0 Å². The van der Waals surface area contributed by atoms with Crippen LogP contribution >= 0.6 is 0 Å². The fourth-order valence-electron chi connectivity index (χ4n) is 2.90. The molecule has 1 saturated heterocycles. The van der Waals surface area contributed by atoms with Gasteiger partial charge in [0.2, 0.25) is 0 Å². The molecular formula is C17H20N4O. The molecule has 114 valence electrons. The summed E-state index contributed by atoms with van der Waals surface area (Å²) in [4.78, 5) is 10.0. The molecule has 5 heteroatoms. The number of hydrogen-bond acceptors (Lipinski definition) is 4. The number of nitrogens with zero attached hydrogens (tertiary/aromatic N) is 3. The van der Waals surface area contributed by atoms with Crippen molar-refractivity contribution in [1.29, 1.82) is 5.26 Å². The Labute approximate surface area is 130 Å². The van der Waals surface area contributed by atoms with E-state index in [2.05, 4.69) is 20.9 Å². The summed E-state index contributed by atoms with van der Waals surface area (Å²) in [7, 11) is 0. The Kier molecular flexibility index (Phi) is 4.71. The molecule has 0 spiro atoms. The van der Waals surface area contributed by atoms with Gasteiger partial charge in [0, 0.05) is 31.4 Å². The Bertz CT molecular complexity index is 615. The topological polar surface area (TPSA) is 64.9 Å². The van der Waals surface area contributed by atoms with E-state index in [4.69, 9.17) is 10.00 Å². The molecule has 1 fully saturated rings. The lowest BCUT2D eigenvalue weighted by molar-refractivity contribution is 0.168. The predicted molar refractivity (Wildman–Crippen MR) is 83.7 cm³/mol. The Morgan fingerprint density at radius 2 is 2.23 bits per heavy atom. The van der Waals surface area contributed by atoms with Crippen LogP contribution in [-0.2, 0) is 0 Å². The SMILES string of the molecule is N#Cc1ccc(OCCN2CCC[C@@H](c3ncc[nH]3)C2)cc1. The molecule has 1 aliphatic rings. The molecule has 1 aromatic carbocycles. The molecule has 5 nitrogen and oxygen atoms in total. The molecule has 0 amide bonds. The number of benzene rings is 1. The van der Waals surface area contributed by atoms with Gasteiger partial charge in [-0.25, -0.2) is 4.98 Å². The van der Waals surface area contributed by atoms with Crippen molar-refractivity contribution >= 4 is 0 Å². The number of H-pyrrole nitrogens is 1. The zero-order chi connectivity index (χ0) is 15.2. The fourth-order valence-corrected chi connectivity index (χ4v) is 2.90. The second kappa shape index (κ2) is 7.10. The molecule has 1 aromatic heterocycles. The standard InChI is InChI=1S/C17H20N4O/c18-12-14-3-5-16(6-4-14)22-11-10-21-9-1-2-15(13-21)17-19-7-8-20-17/h3-8,15H,1-2,9-11,13H2,(H,19,20)/t15-/m1/s1. The van der Waals surface area contributed by atoms with Crippen LogP contribution in [0.2, 0.25) is 0 Å². The van der Waals surface area contributed by atoms with Crippen LogP contribution in [0.25, 0.3) is 0 Å². The van der Waals surface area contributed by atoms with E-state index >= 15 is 0 Å². The second-order valence-electron chi connectivity index (χ2n) is 5.60. The van der Waals surface area contributed by atoms with Crippen molar-refractivity contribution in [3.63, 3.8) is 0 Å². The maximum atomic E-state index is 8.77. The molecular weight excluding hydrogens is 276 g/mol. The molecule has 0 aliphatic carbocycles. The Hall–Kier alpha value is -2.32. The Morgan fingerprint density at radius 1 is 1.36 bits per heavy atom. The van der Waals surface area contributed by atoms with E-state index in [0.29, 0.717) is 18.1 Å². The summed E-state index contributed by atoms with van der Waals surface area (Å²) in [6.07, 6.45) is 6.10. The fraction of sp³-hybridized carbons (Fsp3) is 0.412. The van der Waals surface area contributed by atoms with E-state index in [1.165, 1.54) is 12.8 Å². The van der Waals surface area contributed by atoms with E-state index in [0.717, 1.165) is 31.2 Å². The van der Waals surface area contributed by atoms with Gasteiger partial charge < -0.3 is 9.72 Å². The van der Waals surface area contributed by atoms with Crippen molar-refractivity contribution < 1.29 is 4.74 Å². The van der Waals surface area contributed by atoms with Gasteiger partial charge in [0.05, 0.1) is 11.6 Å². The first-order valence-corrected chi connectivity index (χ1v) is 7.70. The highest BCUT2D eigenvalue weighted by molar-refractivity contribution is 5.34. The van der Waals surface area contributed by atoms with Crippen molar-refractivity contribution in [3.8, 4) is 11.8 Å². The lowest BCUT2D eigenvalue weighted by Crippen LogP contribution is -2.37. The van der Waals surface area contributed by atoms with Gasteiger partial charge in [0.25, 0.3) is 0 Å². The number of likely N-dealkylation sites (tertiary alicyclic amines) is 1. The van der Waals surface area contributed by atoms with Gasteiger partial charge in [-0.3, -0.25) is 4.90 Å². The monoisotopic (exact) mass is 296 g/mol. The summed E-state index contributed by atoms with van der Waals surface area (Å²) in [6.45, 7) is 3.73. The first-order chi connectivity index (χ1) is 10.8. The maximum absolute atomic E-state index is 8.77. The number of nitriles is 1. The van der Waals surface area contributed by atoms with Gasteiger partial charge in [-0.2, -0.15) is 5.26 Å². The average Bonchev–Trinajstić information content (AvgIpc) is 3.10. The molecule has 0 saturated carbocycles. The molecule has 2 aromatic rings. The maximum Gasteiger partial charge on any atom is 0.119 e. The van der Waals surface area contributed by atoms with Gasteiger partial charge in [0.1, 0.15) is 18.2 Å². The first kappa shape index (κ1) is 14.6.